The first kappa shape index (κ1) is 32.5. The molecule has 1 atom stereocenters. The van der Waals surface area contributed by atoms with Gasteiger partial charge in [0.25, 0.3) is 5.91 Å². The van der Waals surface area contributed by atoms with Crippen molar-refractivity contribution in [1.82, 2.24) is 5.32 Å². The van der Waals surface area contributed by atoms with Gasteiger partial charge in [0.1, 0.15) is 5.82 Å². The van der Waals surface area contributed by atoms with Crippen molar-refractivity contribution < 1.29 is 18.8 Å². The molecule has 1 aliphatic rings. The van der Waals surface area contributed by atoms with E-state index >= 15 is 0 Å². The number of benzene rings is 3. The maximum absolute atomic E-state index is 13.1. The van der Waals surface area contributed by atoms with Gasteiger partial charge in [-0.15, -0.1) is 0 Å². The van der Waals surface area contributed by atoms with Crippen molar-refractivity contribution in [3.8, 4) is 0 Å². The van der Waals surface area contributed by atoms with Crippen LogP contribution in [-0.4, -0.2) is 30.7 Å². The van der Waals surface area contributed by atoms with Crippen LogP contribution < -0.4 is 21.3 Å². The van der Waals surface area contributed by atoms with Crippen LogP contribution in [0.25, 0.3) is 6.08 Å². The predicted octanol–water partition coefficient (Wildman–Crippen LogP) is 7.23. The zero-order chi connectivity index (χ0) is 31.5. The number of carbonyl (C=O) groups excluding carboxylic acids is 3. The van der Waals surface area contributed by atoms with Crippen LogP contribution in [0.5, 0.6) is 0 Å². The smallest absolute Gasteiger partial charge is 0.251 e. The lowest BCUT2D eigenvalue weighted by Crippen LogP contribution is -2.27. The molecular formula is C36H43FN4O3. The summed E-state index contributed by atoms with van der Waals surface area (Å²) in [7, 11) is 0. The lowest BCUT2D eigenvalue weighted by molar-refractivity contribution is -0.116. The number of aryl methyl sites for hydroxylation is 1. The Morgan fingerprint density at radius 1 is 0.932 bits per heavy atom. The second-order valence-electron chi connectivity index (χ2n) is 11.2. The van der Waals surface area contributed by atoms with Crippen LogP contribution in [0.3, 0.4) is 0 Å². The van der Waals surface area contributed by atoms with Gasteiger partial charge in [0.05, 0.1) is 17.4 Å². The maximum Gasteiger partial charge on any atom is 0.251 e. The molecule has 3 aromatic carbocycles. The normalized spacial score (nSPS) is 13.9. The molecule has 1 aliphatic carbocycles. The third-order valence-electron chi connectivity index (χ3n) is 8.13. The number of allylic oxidation sites excluding steroid dienone is 1. The number of rotatable bonds is 15. The molecule has 4 N–H and O–H groups in total. The number of unbranched alkanes of at least 4 members (excludes halogenated alkanes) is 3. The molecule has 0 spiro atoms. The van der Waals surface area contributed by atoms with Crippen molar-refractivity contribution in [2.75, 3.05) is 29.0 Å². The van der Waals surface area contributed by atoms with E-state index in [-0.39, 0.29) is 29.3 Å². The monoisotopic (exact) mass is 598 g/mol. The molecule has 0 radical (unpaired) electrons. The quantitative estimate of drug-likeness (QED) is 0.0972. The van der Waals surface area contributed by atoms with Crippen molar-refractivity contribution >= 4 is 40.7 Å². The average molecular weight is 599 g/mol. The Morgan fingerprint density at radius 3 is 2.36 bits per heavy atom. The van der Waals surface area contributed by atoms with Gasteiger partial charge < -0.3 is 21.3 Å². The number of fused-ring (bicyclic) bond motifs is 1. The molecule has 232 valence electrons. The Kier molecular flexibility index (Phi) is 11.7. The number of ketones is 1. The summed E-state index contributed by atoms with van der Waals surface area (Å²) in [5.74, 6) is -0.596. The summed E-state index contributed by atoms with van der Waals surface area (Å²) in [6.07, 6.45) is 9.21. The van der Waals surface area contributed by atoms with Gasteiger partial charge in [0.2, 0.25) is 5.91 Å². The summed E-state index contributed by atoms with van der Waals surface area (Å²) in [6, 6.07) is 17.8. The largest absolute Gasteiger partial charge is 0.397 e. The van der Waals surface area contributed by atoms with Crippen LogP contribution in [0, 0.1) is 5.82 Å². The number of hydrogen-bond acceptors (Lipinski definition) is 5. The lowest BCUT2D eigenvalue weighted by atomic mass is 10.0. The standard InChI is InChI=1S/C36H43FN4O3/c1-3-41(4-2)29-17-13-26(14-18-29)36(44)40-33-21-15-27-23-25(12-20-31(27)33)11-19-30(42)9-7-5-6-8-10-35(43)39-34-22-16-28(37)24-32(34)38/h11-14,16-20,22-24,33H,3-10,15,21,38H2,1-2H3,(H,39,43)(H,40,44)/b19-11+. The fourth-order valence-electron chi connectivity index (χ4n) is 5.62. The summed E-state index contributed by atoms with van der Waals surface area (Å²) in [5.41, 5.74) is 11.4. The molecule has 1 unspecified atom stereocenters. The molecule has 7 nitrogen and oxygen atoms in total. The van der Waals surface area contributed by atoms with Crippen molar-refractivity contribution in [3.05, 3.63) is 94.8 Å². The van der Waals surface area contributed by atoms with E-state index < -0.39 is 5.82 Å². The molecule has 2 amide bonds. The molecule has 44 heavy (non-hydrogen) atoms. The number of amides is 2. The van der Waals surface area contributed by atoms with Crippen molar-refractivity contribution in [2.24, 2.45) is 0 Å². The second kappa shape index (κ2) is 15.8. The third-order valence-corrected chi connectivity index (χ3v) is 8.13. The van der Waals surface area contributed by atoms with Gasteiger partial charge in [-0.3, -0.25) is 14.4 Å². The Bertz CT molecular complexity index is 1480. The summed E-state index contributed by atoms with van der Waals surface area (Å²) in [4.78, 5) is 39.7. The Labute approximate surface area is 259 Å². The number of anilines is 3. The zero-order valence-electron chi connectivity index (χ0n) is 25.7. The van der Waals surface area contributed by atoms with Crippen molar-refractivity contribution in [3.63, 3.8) is 0 Å². The lowest BCUT2D eigenvalue weighted by Gasteiger charge is -2.21. The summed E-state index contributed by atoms with van der Waals surface area (Å²) >= 11 is 0. The van der Waals surface area contributed by atoms with Crippen LogP contribution in [0.1, 0.15) is 91.9 Å². The van der Waals surface area contributed by atoms with Gasteiger partial charge in [-0.05, 0) is 105 Å². The van der Waals surface area contributed by atoms with E-state index in [1.807, 2.05) is 36.4 Å². The van der Waals surface area contributed by atoms with E-state index in [0.29, 0.717) is 30.5 Å². The van der Waals surface area contributed by atoms with E-state index in [0.717, 1.165) is 62.0 Å². The molecule has 0 heterocycles. The number of nitrogens with two attached hydrogens (primary N) is 1. The van der Waals surface area contributed by atoms with Crippen LogP contribution in [0.15, 0.2) is 66.7 Å². The number of nitrogens with one attached hydrogen (secondary N) is 2. The minimum Gasteiger partial charge on any atom is -0.397 e. The van der Waals surface area contributed by atoms with Gasteiger partial charge >= 0.3 is 0 Å². The summed E-state index contributed by atoms with van der Waals surface area (Å²) in [5, 5.41) is 5.90. The van der Waals surface area contributed by atoms with E-state index in [1.165, 1.54) is 23.8 Å². The van der Waals surface area contributed by atoms with Crippen LogP contribution in [0.4, 0.5) is 21.5 Å². The average Bonchev–Trinajstić information content (AvgIpc) is 3.41. The van der Waals surface area contributed by atoms with Gasteiger partial charge in [0, 0.05) is 37.2 Å². The summed E-state index contributed by atoms with van der Waals surface area (Å²) in [6.45, 7) is 6.09. The molecule has 0 fully saturated rings. The van der Waals surface area contributed by atoms with Crippen molar-refractivity contribution in [1.29, 1.82) is 0 Å². The fourth-order valence-corrected chi connectivity index (χ4v) is 5.62. The number of nitrogens with zero attached hydrogens (tertiary/aromatic N) is 1. The second-order valence-corrected chi connectivity index (χ2v) is 11.2. The Morgan fingerprint density at radius 2 is 1.66 bits per heavy atom. The van der Waals surface area contributed by atoms with Crippen molar-refractivity contribution in [2.45, 2.75) is 71.3 Å². The van der Waals surface area contributed by atoms with E-state index in [1.54, 1.807) is 6.08 Å². The third kappa shape index (κ3) is 9.02. The molecular weight excluding hydrogens is 555 g/mol. The van der Waals surface area contributed by atoms with Gasteiger partial charge in [-0.1, -0.05) is 37.1 Å². The molecule has 0 aromatic heterocycles. The number of nitrogen functional groups attached to an aromatic ring is 1. The molecule has 0 aliphatic heterocycles. The molecule has 0 saturated heterocycles. The highest BCUT2D eigenvalue weighted by atomic mass is 19.1. The van der Waals surface area contributed by atoms with E-state index in [4.69, 9.17) is 5.73 Å². The number of hydrogen-bond donors (Lipinski definition) is 3. The first-order valence-electron chi connectivity index (χ1n) is 15.6. The number of carbonyl (C=O) groups is 3. The summed E-state index contributed by atoms with van der Waals surface area (Å²) < 4.78 is 13.1. The Hall–Kier alpha value is -4.46. The Balaban J connectivity index is 1.16. The van der Waals surface area contributed by atoms with Crippen LogP contribution in [-0.2, 0) is 16.0 Å². The molecule has 8 heteroatoms. The van der Waals surface area contributed by atoms with Crippen LogP contribution >= 0.6 is 0 Å². The maximum atomic E-state index is 13.1. The van der Waals surface area contributed by atoms with Crippen LogP contribution in [0.2, 0.25) is 0 Å². The topological polar surface area (TPSA) is 105 Å². The van der Waals surface area contributed by atoms with Gasteiger partial charge in [-0.25, -0.2) is 4.39 Å². The highest BCUT2D eigenvalue weighted by molar-refractivity contribution is 5.95. The fraction of sp³-hybridized carbons (Fsp3) is 0.361. The van der Waals surface area contributed by atoms with E-state index in [9.17, 15) is 18.8 Å². The zero-order valence-corrected chi connectivity index (χ0v) is 25.7. The van der Waals surface area contributed by atoms with E-state index in [2.05, 4.69) is 41.5 Å². The first-order chi connectivity index (χ1) is 21.3. The number of halogens is 1. The minimum atomic E-state index is -0.443. The molecule has 4 rings (SSSR count). The molecule has 0 bridgehead atoms. The van der Waals surface area contributed by atoms with Gasteiger partial charge in [0.15, 0.2) is 5.78 Å². The highest BCUT2D eigenvalue weighted by Crippen LogP contribution is 2.32. The molecule has 0 saturated carbocycles. The first-order valence-corrected chi connectivity index (χ1v) is 15.6. The van der Waals surface area contributed by atoms with Gasteiger partial charge in [-0.2, -0.15) is 0 Å². The predicted molar refractivity (Wildman–Crippen MR) is 176 cm³/mol. The highest BCUT2D eigenvalue weighted by Gasteiger charge is 2.24. The molecule has 3 aromatic rings. The minimum absolute atomic E-state index is 0.0215. The SMILES string of the molecule is CCN(CC)c1ccc(C(=O)NC2CCc3cc(/C=C/C(=O)CCCCCCC(=O)Nc4ccc(F)cc4N)ccc32)cc1.